The average molecular weight is 496 g/mol. The van der Waals surface area contributed by atoms with Crippen LogP contribution in [-0.4, -0.2) is 63.9 Å². The van der Waals surface area contributed by atoms with Crippen LogP contribution in [-0.2, 0) is 17.9 Å². The number of halogens is 1. The van der Waals surface area contributed by atoms with Gasteiger partial charge in [0.1, 0.15) is 0 Å². The third kappa shape index (κ3) is 6.22. The molecule has 1 amide bonds. The predicted molar refractivity (Wildman–Crippen MR) is 122 cm³/mol. The Bertz CT molecular complexity index is 752. The Morgan fingerprint density at radius 2 is 1.75 bits per heavy atom. The van der Waals surface area contributed by atoms with Gasteiger partial charge in [0.2, 0.25) is 5.91 Å². The monoisotopic (exact) mass is 496 g/mol. The van der Waals surface area contributed by atoms with Crippen LogP contribution in [0.1, 0.15) is 25.0 Å². The molecule has 0 saturated carbocycles. The average Bonchev–Trinajstić information content (AvgIpc) is 3.19. The van der Waals surface area contributed by atoms with Crippen LogP contribution in [0.4, 0.5) is 0 Å². The molecule has 3 rings (SSSR count). The Balaban J connectivity index is 0.00000280. The molecule has 0 aliphatic carbocycles. The Kier molecular flexibility index (Phi) is 8.75. The number of guanidine groups is 1. The van der Waals surface area contributed by atoms with E-state index >= 15 is 0 Å². The van der Waals surface area contributed by atoms with Crippen LogP contribution in [0.2, 0.25) is 0 Å². The third-order valence-electron chi connectivity index (χ3n) is 4.72. The lowest BCUT2D eigenvalue weighted by atomic mass is 10.1. The van der Waals surface area contributed by atoms with Gasteiger partial charge in [0.25, 0.3) is 0 Å². The molecule has 0 unspecified atom stereocenters. The van der Waals surface area contributed by atoms with E-state index in [9.17, 15) is 4.79 Å². The number of hydrogen-bond acceptors (Lipinski definition) is 3. The van der Waals surface area contributed by atoms with Crippen molar-refractivity contribution in [1.82, 2.24) is 24.7 Å². The van der Waals surface area contributed by atoms with Gasteiger partial charge in [-0.1, -0.05) is 24.3 Å². The van der Waals surface area contributed by atoms with Gasteiger partial charge in [-0.3, -0.25) is 4.79 Å². The van der Waals surface area contributed by atoms with Gasteiger partial charge in [-0.15, -0.1) is 24.0 Å². The quantitative estimate of drug-likeness (QED) is 0.392. The normalized spacial score (nSPS) is 14.6. The molecule has 1 aliphatic heterocycles. The maximum Gasteiger partial charge on any atom is 0.219 e. The number of hydrogen-bond donors (Lipinski definition) is 1. The summed E-state index contributed by atoms with van der Waals surface area (Å²) in [4.78, 5) is 24.5. The number of imidazole rings is 1. The van der Waals surface area contributed by atoms with Crippen molar-refractivity contribution in [2.75, 3.05) is 32.7 Å². The highest BCUT2D eigenvalue weighted by Crippen LogP contribution is 2.09. The first-order valence-electron chi connectivity index (χ1n) is 9.48. The lowest BCUT2D eigenvalue weighted by molar-refractivity contribution is -0.130. The first-order valence-corrected chi connectivity index (χ1v) is 9.48. The van der Waals surface area contributed by atoms with Gasteiger partial charge in [0, 0.05) is 58.6 Å². The van der Waals surface area contributed by atoms with Gasteiger partial charge in [-0.05, 0) is 18.1 Å². The van der Waals surface area contributed by atoms with E-state index in [0.29, 0.717) is 6.54 Å². The number of amides is 1. The minimum absolute atomic E-state index is 0. The summed E-state index contributed by atoms with van der Waals surface area (Å²) >= 11 is 0. The molecule has 1 aromatic carbocycles. The van der Waals surface area contributed by atoms with Crippen molar-refractivity contribution in [2.45, 2.75) is 26.9 Å². The van der Waals surface area contributed by atoms with E-state index in [-0.39, 0.29) is 29.9 Å². The molecule has 2 heterocycles. The number of rotatable bonds is 5. The summed E-state index contributed by atoms with van der Waals surface area (Å²) in [6.07, 6.45) is 5.58. The van der Waals surface area contributed by atoms with E-state index in [1.807, 2.05) is 17.4 Å². The first-order chi connectivity index (χ1) is 13.2. The SMILES string of the molecule is CCNC(=NCc1ccc(Cn2ccnc2)cc1)N1CCN(C(C)=O)CC1.I. The van der Waals surface area contributed by atoms with Crippen molar-refractivity contribution >= 4 is 35.8 Å². The Labute approximate surface area is 183 Å². The second-order valence-corrected chi connectivity index (χ2v) is 6.71. The van der Waals surface area contributed by atoms with Crippen molar-refractivity contribution in [2.24, 2.45) is 4.99 Å². The highest BCUT2D eigenvalue weighted by atomic mass is 127. The van der Waals surface area contributed by atoms with Gasteiger partial charge in [-0.25, -0.2) is 9.98 Å². The molecule has 0 radical (unpaired) electrons. The number of carbonyl (C=O) groups excluding carboxylic acids is 1. The summed E-state index contributed by atoms with van der Waals surface area (Å²) in [5.41, 5.74) is 2.43. The molecule has 152 valence electrons. The molecule has 0 spiro atoms. The molecule has 28 heavy (non-hydrogen) atoms. The predicted octanol–water partition coefficient (Wildman–Crippen LogP) is 2.18. The van der Waals surface area contributed by atoms with Crippen molar-refractivity contribution in [3.63, 3.8) is 0 Å². The minimum Gasteiger partial charge on any atom is -0.357 e. The molecule has 1 saturated heterocycles. The molecular formula is C20H29IN6O. The van der Waals surface area contributed by atoms with E-state index in [2.05, 4.69) is 51.0 Å². The van der Waals surface area contributed by atoms with Crippen LogP contribution in [0.3, 0.4) is 0 Å². The highest BCUT2D eigenvalue weighted by Gasteiger charge is 2.20. The maximum absolute atomic E-state index is 11.5. The molecule has 1 aliphatic rings. The molecule has 1 fully saturated rings. The van der Waals surface area contributed by atoms with Crippen LogP contribution in [0.5, 0.6) is 0 Å². The fourth-order valence-corrected chi connectivity index (χ4v) is 3.17. The van der Waals surface area contributed by atoms with Gasteiger partial charge < -0.3 is 19.7 Å². The largest absolute Gasteiger partial charge is 0.357 e. The number of nitrogens with one attached hydrogen (secondary N) is 1. The zero-order valence-electron chi connectivity index (χ0n) is 16.5. The molecule has 7 nitrogen and oxygen atoms in total. The topological polar surface area (TPSA) is 65.8 Å². The molecule has 1 N–H and O–H groups in total. The highest BCUT2D eigenvalue weighted by molar-refractivity contribution is 14.0. The summed E-state index contributed by atoms with van der Waals surface area (Å²) in [6.45, 7) is 9.14. The van der Waals surface area contributed by atoms with Crippen LogP contribution < -0.4 is 5.32 Å². The van der Waals surface area contributed by atoms with Crippen molar-refractivity contribution < 1.29 is 4.79 Å². The maximum atomic E-state index is 11.5. The van der Waals surface area contributed by atoms with Crippen LogP contribution in [0, 0.1) is 0 Å². The second kappa shape index (κ2) is 11.0. The van der Waals surface area contributed by atoms with Crippen molar-refractivity contribution in [3.05, 3.63) is 54.1 Å². The van der Waals surface area contributed by atoms with Crippen LogP contribution in [0.15, 0.2) is 48.0 Å². The zero-order chi connectivity index (χ0) is 19.1. The van der Waals surface area contributed by atoms with Crippen LogP contribution >= 0.6 is 24.0 Å². The molecular weight excluding hydrogens is 467 g/mol. The summed E-state index contributed by atoms with van der Waals surface area (Å²) in [5.74, 6) is 1.07. The fraction of sp³-hybridized carbons (Fsp3) is 0.450. The molecule has 8 heteroatoms. The second-order valence-electron chi connectivity index (χ2n) is 6.71. The number of nitrogens with zero attached hydrogens (tertiary/aromatic N) is 5. The summed E-state index contributed by atoms with van der Waals surface area (Å²) in [5, 5.41) is 3.37. The smallest absolute Gasteiger partial charge is 0.219 e. The van der Waals surface area contributed by atoms with E-state index in [1.165, 1.54) is 11.1 Å². The van der Waals surface area contributed by atoms with E-state index in [1.54, 1.807) is 13.1 Å². The standard InChI is InChI=1S/C20H28N6O.HI/c1-3-22-20(26-12-10-25(11-13-26)17(2)27)23-14-18-4-6-19(7-5-18)15-24-9-8-21-16-24;/h4-9,16H,3,10-15H2,1-2H3,(H,22,23);1H. The summed E-state index contributed by atoms with van der Waals surface area (Å²) in [6, 6.07) is 8.55. The van der Waals surface area contributed by atoms with Gasteiger partial charge in [-0.2, -0.15) is 0 Å². The number of carbonyl (C=O) groups is 1. The zero-order valence-corrected chi connectivity index (χ0v) is 18.9. The number of piperazine rings is 1. The number of benzene rings is 1. The Morgan fingerprint density at radius 3 is 2.32 bits per heavy atom. The fourth-order valence-electron chi connectivity index (χ4n) is 3.17. The Hall–Kier alpha value is -2.10. The van der Waals surface area contributed by atoms with Gasteiger partial charge in [0.05, 0.1) is 12.9 Å². The van der Waals surface area contributed by atoms with Crippen molar-refractivity contribution in [3.8, 4) is 0 Å². The lowest BCUT2D eigenvalue weighted by Crippen LogP contribution is -2.53. The lowest BCUT2D eigenvalue weighted by Gasteiger charge is -2.36. The van der Waals surface area contributed by atoms with Gasteiger partial charge >= 0.3 is 0 Å². The molecule has 0 bridgehead atoms. The number of aliphatic imine (C=N–C) groups is 1. The van der Waals surface area contributed by atoms with E-state index < -0.39 is 0 Å². The van der Waals surface area contributed by atoms with E-state index in [0.717, 1.165) is 45.2 Å². The third-order valence-corrected chi connectivity index (χ3v) is 4.72. The van der Waals surface area contributed by atoms with Gasteiger partial charge in [0.15, 0.2) is 5.96 Å². The Morgan fingerprint density at radius 1 is 1.11 bits per heavy atom. The first kappa shape index (κ1) is 22.2. The summed E-state index contributed by atoms with van der Waals surface area (Å²) in [7, 11) is 0. The molecule has 1 aromatic heterocycles. The summed E-state index contributed by atoms with van der Waals surface area (Å²) < 4.78 is 2.05. The molecule has 2 aromatic rings. The number of aromatic nitrogens is 2. The molecule has 0 atom stereocenters. The minimum atomic E-state index is 0. The van der Waals surface area contributed by atoms with E-state index in [4.69, 9.17) is 4.99 Å². The van der Waals surface area contributed by atoms with Crippen molar-refractivity contribution in [1.29, 1.82) is 0 Å². The van der Waals surface area contributed by atoms with Crippen LogP contribution in [0.25, 0.3) is 0 Å².